The minimum Gasteiger partial charge on any atom is -0.301 e. The number of rotatable bonds is 8. The average molecular weight is 268 g/mol. The van der Waals surface area contributed by atoms with Crippen molar-refractivity contribution in [3.05, 3.63) is 11.0 Å². The maximum atomic E-state index is 11.6. The summed E-state index contributed by atoms with van der Waals surface area (Å²) in [6, 6.07) is 0. The minimum absolute atomic E-state index is 0.0954. The summed E-state index contributed by atoms with van der Waals surface area (Å²) in [4.78, 5) is 12.3. The molecule has 0 aromatic carbocycles. The van der Waals surface area contributed by atoms with Crippen LogP contribution in [0.2, 0.25) is 0 Å². The monoisotopic (exact) mass is 268 g/mol. The first kappa shape index (κ1) is 15.3. The Bertz CT molecular complexity index is 326. The van der Waals surface area contributed by atoms with Crippen molar-refractivity contribution >= 4 is 22.8 Å². The summed E-state index contributed by atoms with van der Waals surface area (Å²) in [5.41, 5.74) is 0. The molecule has 1 aliphatic rings. The van der Waals surface area contributed by atoms with Crippen molar-refractivity contribution in [2.75, 3.05) is 0 Å². The van der Waals surface area contributed by atoms with E-state index < -0.39 is 0 Å². The highest BCUT2D eigenvalue weighted by Gasteiger charge is 2.23. The molecule has 2 N–H and O–H groups in total. The fourth-order valence-corrected chi connectivity index (χ4v) is 2.87. The molecular formula is C14H24N2OS. The van der Waals surface area contributed by atoms with Gasteiger partial charge < -0.3 is 5.32 Å². The van der Waals surface area contributed by atoms with Crippen LogP contribution in [-0.4, -0.2) is 11.1 Å². The molecule has 0 bridgehead atoms. The Morgan fingerprint density at radius 1 is 1.22 bits per heavy atom. The van der Waals surface area contributed by atoms with E-state index in [-0.39, 0.29) is 11.1 Å². The molecule has 1 fully saturated rings. The lowest BCUT2D eigenvalue weighted by Gasteiger charge is -2.12. The number of amidine groups is 1. The molecule has 1 atom stereocenters. The second-order valence-corrected chi connectivity index (χ2v) is 5.87. The number of thioether (sulfide) groups is 1. The Balaban J connectivity index is 2.55. The van der Waals surface area contributed by atoms with Gasteiger partial charge in [0.15, 0.2) is 5.17 Å². The zero-order chi connectivity index (χ0) is 13.4. The smallest absolute Gasteiger partial charge is 0.263 e. The molecule has 0 spiro atoms. The number of hydrogen-bond donors (Lipinski definition) is 2. The van der Waals surface area contributed by atoms with Crippen LogP contribution < -0.4 is 5.32 Å². The summed E-state index contributed by atoms with van der Waals surface area (Å²) in [6.07, 6.45) is 10.6. The Morgan fingerprint density at radius 2 is 1.89 bits per heavy atom. The van der Waals surface area contributed by atoms with Crippen LogP contribution in [0.5, 0.6) is 0 Å². The second kappa shape index (κ2) is 8.35. The molecule has 0 saturated carbocycles. The molecule has 3 nitrogen and oxygen atoms in total. The number of allylic oxidation sites excluding steroid dienone is 1. The van der Waals surface area contributed by atoms with Crippen LogP contribution in [0.1, 0.15) is 58.8 Å². The van der Waals surface area contributed by atoms with E-state index >= 15 is 0 Å². The SMILES string of the molecule is CCCCCC(/C=C1\SC(=N)NC1=O)CCCC. The van der Waals surface area contributed by atoms with Crippen molar-refractivity contribution in [1.82, 2.24) is 5.32 Å². The van der Waals surface area contributed by atoms with Gasteiger partial charge in [0.2, 0.25) is 0 Å². The molecule has 0 aromatic heterocycles. The summed E-state index contributed by atoms with van der Waals surface area (Å²) >= 11 is 1.26. The van der Waals surface area contributed by atoms with E-state index in [1.807, 2.05) is 0 Å². The molecule has 0 aromatic rings. The third-order valence-corrected chi connectivity index (χ3v) is 4.00. The molecule has 0 radical (unpaired) electrons. The first-order valence-corrected chi connectivity index (χ1v) is 7.78. The number of nitrogens with one attached hydrogen (secondary N) is 2. The fraction of sp³-hybridized carbons (Fsp3) is 0.714. The topological polar surface area (TPSA) is 53.0 Å². The second-order valence-electron chi connectivity index (χ2n) is 4.81. The van der Waals surface area contributed by atoms with Gasteiger partial charge in [0.1, 0.15) is 0 Å². The minimum atomic E-state index is -0.0954. The quantitative estimate of drug-likeness (QED) is 0.515. The van der Waals surface area contributed by atoms with Gasteiger partial charge >= 0.3 is 0 Å². The average Bonchev–Trinajstić information content (AvgIpc) is 2.65. The van der Waals surface area contributed by atoms with Gasteiger partial charge in [-0.25, -0.2) is 0 Å². The van der Waals surface area contributed by atoms with Gasteiger partial charge in [0, 0.05) is 0 Å². The van der Waals surface area contributed by atoms with Gasteiger partial charge in [-0.3, -0.25) is 10.2 Å². The van der Waals surface area contributed by atoms with Crippen LogP contribution in [0.15, 0.2) is 11.0 Å². The fourth-order valence-electron chi connectivity index (χ4n) is 2.10. The molecule has 1 amide bonds. The third kappa shape index (κ3) is 5.25. The number of unbranched alkanes of at least 4 members (excludes halogenated alkanes) is 3. The number of hydrogen-bond acceptors (Lipinski definition) is 3. The number of carbonyl (C=O) groups excluding carboxylic acids is 1. The maximum absolute atomic E-state index is 11.6. The van der Waals surface area contributed by atoms with Crippen LogP contribution in [0.4, 0.5) is 0 Å². The normalized spacial score (nSPS) is 19.3. The van der Waals surface area contributed by atoms with E-state index in [9.17, 15) is 4.79 Å². The Morgan fingerprint density at radius 3 is 2.44 bits per heavy atom. The molecule has 102 valence electrons. The molecule has 18 heavy (non-hydrogen) atoms. The van der Waals surface area contributed by atoms with Crippen molar-refractivity contribution in [3.8, 4) is 0 Å². The molecular weight excluding hydrogens is 244 g/mol. The van der Waals surface area contributed by atoms with Gasteiger partial charge in [-0.15, -0.1) is 0 Å². The molecule has 0 aliphatic carbocycles. The third-order valence-electron chi connectivity index (χ3n) is 3.16. The van der Waals surface area contributed by atoms with E-state index in [4.69, 9.17) is 5.41 Å². The molecule has 1 rings (SSSR count). The Kier molecular flexibility index (Phi) is 7.09. The van der Waals surface area contributed by atoms with Crippen LogP contribution in [0.25, 0.3) is 0 Å². The van der Waals surface area contributed by atoms with Gasteiger partial charge in [-0.05, 0) is 30.5 Å². The lowest BCUT2D eigenvalue weighted by Crippen LogP contribution is -2.18. The summed E-state index contributed by atoms with van der Waals surface area (Å²) in [6.45, 7) is 4.41. The highest BCUT2D eigenvalue weighted by Crippen LogP contribution is 2.27. The molecule has 4 heteroatoms. The number of amides is 1. The van der Waals surface area contributed by atoms with E-state index in [0.717, 1.165) is 11.3 Å². The van der Waals surface area contributed by atoms with Gasteiger partial charge in [-0.1, -0.05) is 52.0 Å². The van der Waals surface area contributed by atoms with Crippen molar-refractivity contribution < 1.29 is 4.79 Å². The largest absolute Gasteiger partial charge is 0.301 e. The van der Waals surface area contributed by atoms with Crippen LogP contribution in [-0.2, 0) is 4.79 Å². The van der Waals surface area contributed by atoms with Crippen LogP contribution >= 0.6 is 11.8 Å². The van der Waals surface area contributed by atoms with Crippen molar-refractivity contribution in [2.24, 2.45) is 5.92 Å². The van der Waals surface area contributed by atoms with E-state index in [0.29, 0.717) is 5.92 Å². The van der Waals surface area contributed by atoms with Crippen LogP contribution in [0, 0.1) is 11.3 Å². The zero-order valence-corrected chi connectivity index (χ0v) is 12.2. The van der Waals surface area contributed by atoms with Crippen molar-refractivity contribution in [2.45, 2.75) is 58.8 Å². The molecule has 1 aliphatic heterocycles. The van der Waals surface area contributed by atoms with Crippen LogP contribution in [0.3, 0.4) is 0 Å². The molecule has 1 heterocycles. The summed E-state index contributed by atoms with van der Waals surface area (Å²) in [5, 5.41) is 10.2. The van der Waals surface area contributed by atoms with E-state index in [1.54, 1.807) is 0 Å². The zero-order valence-electron chi connectivity index (χ0n) is 11.4. The highest BCUT2D eigenvalue weighted by molar-refractivity contribution is 8.18. The Labute approximate surface area is 114 Å². The maximum Gasteiger partial charge on any atom is 0.263 e. The molecule has 1 saturated heterocycles. The summed E-state index contributed by atoms with van der Waals surface area (Å²) in [7, 11) is 0. The van der Waals surface area contributed by atoms with Crippen molar-refractivity contribution in [3.63, 3.8) is 0 Å². The summed E-state index contributed by atoms with van der Waals surface area (Å²) in [5.74, 6) is 0.401. The van der Waals surface area contributed by atoms with E-state index in [1.165, 1.54) is 50.3 Å². The van der Waals surface area contributed by atoms with Gasteiger partial charge in [0.05, 0.1) is 4.91 Å². The standard InChI is InChI=1S/C14H24N2OS/c1-3-5-7-9-11(8-6-4-2)10-12-13(17)16-14(15)18-12/h10-11H,3-9H2,1-2H3,(H2,15,16,17)/b12-10-. The predicted octanol–water partition coefficient (Wildman–Crippen LogP) is 4.05. The highest BCUT2D eigenvalue weighted by atomic mass is 32.2. The number of carbonyl (C=O) groups is 1. The van der Waals surface area contributed by atoms with E-state index in [2.05, 4.69) is 25.2 Å². The first-order chi connectivity index (χ1) is 8.67. The summed E-state index contributed by atoms with van der Waals surface area (Å²) < 4.78 is 0. The molecule has 1 unspecified atom stereocenters. The Hall–Kier alpha value is -0.770. The first-order valence-electron chi connectivity index (χ1n) is 6.97. The predicted molar refractivity (Wildman–Crippen MR) is 78.7 cm³/mol. The lowest BCUT2D eigenvalue weighted by molar-refractivity contribution is -0.115. The van der Waals surface area contributed by atoms with Gasteiger partial charge in [-0.2, -0.15) is 0 Å². The van der Waals surface area contributed by atoms with Crippen molar-refractivity contribution in [1.29, 1.82) is 5.41 Å². The van der Waals surface area contributed by atoms with Gasteiger partial charge in [0.25, 0.3) is 5.91 Å². The lowest BCUT2D eigenvalue weighted by atomic mass is 9.95.